The first-order valence-electron chi connectivity index (χ1n) is 11.6. The molecule has 1 N–H and O–H groups in total. The number of aromatic hydroxyl groups is 1. The summed E-state index contributed by atoms with van der Waals surface area (Å²) in [6, 6.07) is 26.7. The molecule has 0 aliphatic carbocycles. The average molecular weight is 403 g/mol. The molecule has 3 aromatic carbocycles. The van der Waals surface area contributed by atoms with E-state index in [1.165, 1.54) is 61.6 Å². The topological polar surface area (TPSA) is 20.2 Å². The van der Waals surface area contributed by atoms with Crippen LogP contribution in [0.2, 0.25) is 0 Å². The number of aryl methyl sites for hydroxylation is 2. The van der Waals surface area contributed by atoms with E-state index in [4.69, 9.17) is 0 Å². The summed E-state index contributed by atoms with van der Waals surface area (Å²) in [6.45, 7) is 4.35. The Bertz CT molecular complexity index is 808. The molecule has 0 bridgehead atoms. The van der Waals surface area contributed by atoms with Crippen molar-refractivity contribution in [1.82, 2.24) is 0 Å². The molecular formula is C29H38O. The van der Waals surface area contributed by atoms with Gasteiger partial charge in [0.25, 0.3) is 0 Å². The first kappa shape index (κ1) is 23.7. The minimum absolute atomic E-state index is 0.414. The van der Waals surface area contributed by atoms with Gasteiger partial charge in [0.2, 0.25) is 0 Å². The van der Waals surface area contributed by atoms with Crippen LogP contribution in [0.3, 0.4) is 0 Å². The fourth-order valence-corrected chi connectivity index (χ4v) is 3.57. The Morgan fingerprint density at radius 3 is 1.83 bits per heavy atom. The Morgan fingerprint density at radius 1 is 0.633 bits per heavy atom. The molecule has 0 amide bonds. The van der Waals surface area contributed by atoms with Gasteiger partial charge in [-0.05, 0) is 42.5 Å². The third-order valence-electron chi connectivity index (χ3n) is 5.39. The molecule has 1 heteroatoms. The molecule has 0 unspecified atom stereocenters. The summed E-state index contributed by atoms with van der Waals surface area (Å²) >= 11 is 0. The van der Waals surface area contributed by atoms with E-state index < -0.39 is 0 Å². The van der Waals surface area contributed by atoms with Gasteiger partial charge in [-0.1, -0.05) is 124 Å². The summed E-state index contributed by atoms with van der Waals surface area (Å²) < 4.78 is 0. The van der Waals surface area contributed by atoms with Crippen molar-refractivity contribution in [3.8, 4) is 5.75 Å². The van der Waals surface area contributed by atoms with Crippen LogP contribution in [0.5, 0.6) is 5.75 Å². The lowest BCUT2D eigenvalue weighted by molar-refractivity contribution is 0.469. The summed E-state index contributed by atoms with van der Waals surface area (Å²) in [5.74, 6) is 0.414. The molecular weight excluding hydrogens is 364 g/mol. The van der Waals surface area contributed by atoms with Gasteiger partial charge in [0.15, 0.2) is 0 Å². The first-order valence-corrected chi connectivity index (χ1v) is 11.6. The Morgan fingerprint density at radius 2 is 1.23 bits per heavy atom. The second-order valence-electron chi connectivity index (χ2n) is 8.15. The van der Waals surface area contributed by atoms with E-state index in [2.05, 4.69) is 62.4 Å². The van der Waals surface area contributed by atoms with E-state index >= 15 is 0 Å². The number of hydrogen-bond acceptors (Lipinski definition) is 1. The lowest BCUT2D eigenvalue weighted by atomic mass is 9.99. The highest BCUT2D eigenvalue weighted by Crippen LogP contribution is 2.23. The van der Waals surface area contributed by atoms with Crippen molar-refractivity contribution in [3.63, 3.8) is 0 Å². The number of hydrogen-bond donors (Lipinski definition) is 1. The zero-order valence-corrected chi connectivity index (χ0v) is 18.8. The maximum atomic E-state index is 10.1. The monoisotopic (exact) mass is 402 g/mol. The molecule has 0 aliphatic rings. The number of phenolic OH excluding ortho intramolecular Hbond substituents is 1. The van der Waals surface area contributed by atoms with Gasteiger partial charge >= 0.3 is 0 Å². The van der Waals surface area contributed by atoms with Crippen molar-refractivity contribution in [2.75, 3.05) is 0 Å². The number of rotatable bonds is 10. The Hall–Kier alpha value is -2.54. The van der Waals surface area contributed by atoms with Crippen LogP contribution in [0.1, 0.15) is 74.1 Å². The van der Waals surface area contributed by atoms with Crippen molar-refractivity contribution in [3.05, 3.63) is 101 Å². The lowest BCUT2D eigenvalue weighted by Crippen LogP contribution is -1.93. The minimum atomic E-state index is 0.414. The van der Waals surface area contributed by atoms with Crippen LogP contribution in [0.25, 0.3) is 0 Å². The Labute approximate surface area is 183 Å². The van der Waals surface area contributed by atoms with E-state index in [1.807, 2.05) is 30.3 Å². The van der Waals surface area contributed by atoms with Crippen LogP contribution >= 0.6 is 0 Å². The fourth-order valence-electron chi connectivity index (χ4n) is 3.57. The van der Waals surface area contributed by atoms with Gasteiger partial charge in [0, 0.05) is 6.42 Å². The number of unbranched alkanes of at least 4 members (excludes halogenated alkanes) is 6. The largest absolute Gasteiger partial charge is 0.508 e. The van der Waals surface area contributed by atoms with Crippen molar-refractivity contribution in [2.24, 2.45) is 0 Å². The van der Waals surface area contributed by atoms with Crippen molar-refractivity contribution in [2.45, 2.75) is 71.6 Å². The first-order chi connectivity index (χ1) is 14.7. The third kappa shape index (κ3) is 9.78. The third-order valence-corrected chi connectivity index (χ3v) is 5.39. The van der Waals surface area contributed by atoms with Gasteiger partial charge in [-0.3, -0.25) is 0 Å². The molecule has 0 fully saturated rings. The highest BCUT2D eigenvalue weighted by Gasteiger charge is 2.04. The summed E-state index contributed by atoms with van der Waals surface area (Å²) in [5.41, 5.74) is 4.96. The van der Waals surface area contributed by atoms with Crippen molar-refractivity contribution in [1.29, 1.82) is 0 Å². The number of benzene rings is 3. The van der Waals surface area contributed by atoms with Crippen LogP contribution < -0.4 is 0 Å². The number of phenols is 1. The average Bonchev–Trinajstić information content (AvgIpc) is 2.77. The van der Waals surface area contributed by atoms with Gasteiger partial charge in [0.05, 0.1) is 0 Å². The molecule has 0 spiro atoms. The van der Waals surface area contributed by atoms with Crippen molar-refractivity contribution >= 4 is 0 Å². The molecule has 0 aliphatic heterocycles. The lowest BCUT2D eigenvalue weighted by Gasteiger charge is -2.08. The molecule has 30 heavy (non-hydrogen) atoms. The van der Waals surface area contributed by atoms with Gasteiger partial charge in [-0.25, -0.2) is 0 Å². The molecule has 0 saturated heterocycles. The molecule has 160 valence electrons. The zero-order chi connectivity index (χ0) is 21.4. The van der Waals surface area contributed by atoms with E-state index in [9.17, 15) is 5.11 Å². The summed E-state index contributed by atoms with van der Waals surface area (Å²) in [7, 11) is 0. The van der Waals surface area contributed by atoms with Crippen LogP contribution in [0.4, 0.5) is 0 Å². The zero-order valence-electron chi connectivity index (χ0n) is 18.8. The standard InChI is InChI=1S/C22H30O.C7H8/c1-2-3-4-5-6-7-9-14-20-15-16-22(23)21(18-20)17-19-12-10-8-11-13-19;1-7-5-3-2-4-6-7/h8,10-13,15-16,18,23H,2-7,9,14,17H2,1H3;2-6H,1H3. The SMILES string of the molecule is CCCCCCCCCc1ccc(O)c(Cc2ccccc2)c1.Cc1ccccc1. The maximum absolute atomic E-state index is 10.1. The predicted octanol–water partition coefficient (Wildman–Crippen LogP) is 8.27. The van der Waals surface area contributed by atoms with Crippen LogP contribution in [-0.4, -0.2) is 5.11 Å². The van der Waals surface area contributed by atoms with E-state index in [0.29, 0.717) is 5.75 Å². The van der Waals surface area contributed by atoms with Gasteiger partial charge in [0.1, 0.15) is 5.75 Å². The highest BCUT2D eigenvalue weighted by molar-refractivity contribution is 5.39. The molecule has 0 atom stereocenters. The second kappa shape index (κ2) is 14.4. The molecule has 0 saturated carbocycles. The molecule has 3 rings (SSSR count). The van der Waals surface area contributed by atoms with E-state index in [-0.39, 0.29) is 0 Å². The Kier molecular flexibility index (Phi) is 11.4. The van der Waals surface area contributed by atoms with E-state index in [1.54, 1.807) is 0 Å². The quantitative estimate of drug-likeness (QED) is 0.338. The highest BCUT2D eigenvalue weighted by atomic mass is 16.3. The van der Waals surface area contributed by atoms with E-state index in [0.717, 1.165) is 18.4 Å². The smallest absolute Gasteiger partial charge is 0.119 e. The van der Waals surface area contributed by atoms with Crippen LogP contribution in [-0.2, 0) is 12.8 Å². The van der Waals surface area contributed by atoms with Crippen LogP contribution in [0.15, 0.2) is 78.9 Å². The normalized spacial score (nSPS) is 10.3. The molecule has 3 aromatic rings. The van der Waals surface area contributed by atoms with Gasteiger partial charge in [-0.15, -0.1) is 0 Å². The maximum Gasteiger partial charge on any atom is 0.119 e. The van der Waals surface area contributed by atoms with Gasteiger partial charge in [-0.2, -0.15) is 0 Å². The van der Waals surface area contributed by atoms with Crippen LogP contribution in [0, 0.1) is 6.92 Å². The molecule has 0 aromatic heterocycles. The predicted molar refractivity (Wildman–Crippen MR) is 130 cm³/mol. The summed E-state index contributed by atoms with van der Waals surface area (Å²) in [4.78, 5) is 0. The molecule has 1 nitrogen and oxygen atoms in total. The molecule has 0 radical (unpaired) electrons. The summed E-state index contributed by atoms with van der Waals surface area (Å²) in [6.07, 6.45) is 11.3. The van der Waals surface area contributed by atoms with Crippen molar-refractivity contribution < 1.29 is 5.11 Å². The molecule has 0 heterocycles. The Balaban J connectivity index is 0.000000386. The fraction of sp³-hybridized carbons (Fsp3) is 0.379. The van der Waals surface area contributed by atoms with Gasteiger partial charge < -0.3 is 5.11 Å². The second-order valence-corrected chi connectivity index (χ2v) is 8.15. The minimum Gasteiger partial charge on any atom is -0.508 e. The summed E-state index contributed by atoms with van der Waals surface area (Å²) in [5, 5.41) is 10.1.